The van der Waals surface area contributed by atoms with Gasteiger partial charge in [-0.3, -0.25) is 0 Å². The lowest BCUT2D eigenvalue weighted by atomic mass is 10.2. The standard InChI is InChI=1S/C15H23N5O/c1-3-6-11(2)18-14-12(9-17-15(16)19-14)10-20-8-5-4-7-13(20)21/h4-5,7-9,11,13,21H,3,6,10H2,1-2H3,(H3,16,17,18,19). The van der Waals surface area contributed by atoms with Gasteiger partial charge in [0.15, 0.2) is 0 Å². The van der Waals surface area contributed by atoms with Crippen LogP contribution < -0.4 is 11.1 Å². The van der Waals surface area contributed by atoms with E-state index in [-0.39, 0.29) is 5.95 Å². The molecular weight excluding hydrogens is 266 g/mol. The molecule has 6 heteroatoms. The van der Waals surface area contributed by atoms with Crippen LogP contribution in [-0.4, -0.2) is 32.2 Å². The number of hydrogen-bond donors (Lipinski definition) is 3. The van der Waals surface area contributed by atoms with Crippen LogP contribution in [0.1, 0.15) is 32.3 Å². The summed E-state index contributed by atoms with van der Waals surface area (Å²) in [6.07, 6.45) is 10.5. The Morgan fingerprint density at radius 1 is 1.48 bits per heavy atom. The molecule has 6 nitrogen and oxygen atoms in total. The Balaban J connectivity index is 2.14. The first-order valence-corrected chi connectivity index (χ1v) is 7.27. The van der Waals surface area contributed by atoms with Gasteiger partial charge in [0.2, 0.25) is 5.95 Å². The zero-order chi connectivity index (χ0) is 15.2. The van der Waals surface area contributed by atoms with Crippen molar-refractivity contribution in [1.82, 2.24) is 14.9 Å². The van der Waals surface area contributed by atoms with Crippen molar-refractivity contribution in [2.45, 2.75) is 45.5 Å². The highest BCUT2D eigenvalue weighted by Crippen LogP contribution is 2.19. The number of rotatable bonds is 6. The van der Waals surface area contributed by atoms with Crippen LogP contribution in [0.4, 0.5) is 11.8 Å². The number of aliphatic hydroxyl groups excluding tert-OH is 1. The molecule has 21 heavy (non-hydrogen) atoms. The third-order valence-electron chi connectivity index (χ3n) is 3.35. The molecule has 0 spiro atoms. The third-order valence-corrected chi connectivity index (χ3v) is 3.35. The molecule has 2 unspecified atom stereocenters. The predicted molar refractivity (Wildman–Crippen MR) is 84.3 cm³/mol. The van der Waals surface area contributed by atoms with Gasteiger partial charge in [0.1, 0.15) is 12.0 Å². The monoisotopic (exact) mass is 289 g/mol. The van der Waals surface area contributed by atoms with Gasteiger partial charge in [-0.25, -0.2) is 4.98 Å². The Bertz CT molecular complexity index is 529. The number of aliphatic hydroxyl groups is 1. The summed E-state index contributed by atoms with van der Waals surface area (Å²) in [6.45, 7) is 4.78. The number of anilines is 2. The summed E-state index contributed by atoms with van der Waals surface area (Å²) in [4.78, 5) is 10.2. The SMILES string of the molecule is CCCC(C)Nc1nc(N)ncc1CN1C=CC=CC1O. The Morgan fingerprint density at radius 2 is 2.29 bits per heavy atom. The lowest BCUT2D eigenvalue weighted by Gasteiger charge is -2.27. The molecule has 2 atom stereocenters. The molecule has 1 aliphatic heterocycles. The fourth-order valence-corrected chi connectivity index (χ4v) is 2.27. The number of nitrogens with one attached hydrogen (secondary N) is 1. The van der Waals surface area contributed by atoms with E-state index >= 15 is 0 Å². The lowest BCUT2D eigenvalue weighted by molar-refractivity contribution is 0.0723. The second-order valence-corrected chi connectivity index (χ2v) is 5.25. The second kappa shape index (κ2) is 7.08. The van der Waals surface area contributed by atoms with E-state index in [9.17, 15) is 5.11 Å². The van der Waals surface area contributed by atoms with E-state index in [1.807, 2.05) is 23.3 Å². The first-order valence-electron chi connectivity index (χ1n) is 7.27. The van der Waals surface area contributed by atoms with Crippen LogP contribution in [0.3, 0.4) is 0 Å². The quantitative estimate of drug-likeness (QED) is 0.741. The minimum atomic E-state index is -0.631. The minimum Gasteiger partial charge on any atom is -0.370 e. The lowest BCUT2D eigenvalue weighted by Crippen LogP contribution is -2.30. The van der Waals surface area contributed by atoms with Gasteiger partial charge in [-0.1, -0.05) is 19.4 Å². The van der Waals surface area contributed by atoms with E-state index in [0.717, 1.165) is 24.2 Å². The molecule has 4 N–H and O–H groups in total. The summed E-state index contributed by atoms with van der Waals surface area (Å²) in [5.41, 5.74) is 6.60. The van der Waals surface area contributed by atoms with Crippen LogP contribution in [0.25, 0.3) is 0 Å². The molecule has 1 aliphatic rings. The first-order chi connectivity index (χ1) is 10.1. The average molecular weight is 289 g/mol. The maximum absolute atomic E-state index is 9.94. The normalized spacial score (nSPS) is 18.8. The Kier molecular flexibility index (Phi) is 5.16. The largest absolute Gasteiger partial charge is 0.370 e. The smallest absolute Gasteiger partial charge is 0.221 e. The van der Waals surface area contributed by atoms with Crippen molar-refractivity contribution in [1.29, 1.82) is 0 Å². The molecule has 0 amide bonds. The molecule has 114 valence electrons. The van der Waals surface area contributed by atoms with Crippen LogP contribution in [0, 0.1) is 0 Å². The highest BCUT2D eigenvalue weighted by Gasteiger charge is 2.15. The van der Waals surface area contributed by atoms with Gasteiger partial charge in [0, 0.05) is 24.0 Å². The number of hydrogen-bond acceptors (Lipinski definition) is 6. The number of allylic oxidation sites excluding steroid dienone is 2. The van der Waals surface area contributed by atoms with Gasteiger partial charge in [0.05, 0.1) is 6.54 Å². The second-order valence-electron chi connectivity index (χ2n) is 5.25. The molecule has 0 aliphatic carbocycles. The Hall–Kier alpha value is -2.08. The zero-order valence-electron chi connectivity index (χ0n) is 12.5. The van der Waals surface area contributed by atoms with Crippen molar-refractivity contribution < 1.29 is 5.11 Å². The summed E-state index contributed by atoms with van der Waals surface area (Å²) in [7, 11) is 0. The Morgan fingerprint density at radius 3 is 3.00 bits per heavy atom. The number of nitrogens with zero attached hydrogens (tertiary/aromatic N) is 3. The van der Waals surface area contributed by atoms with E-state index in [4.69, 9.17) is 5.73 Å². The van der Waals surface area contributed by atoms with Crippen molar-refractivity contribution in [2.75, 3.05) is 11.1 Å². The van der Waals surface area contributed by atoms with E-state index in [0.29, 0.717) is 12.6 Å². The molecule has 0 fully saturated rings. The van der Waals surface area contributed by atoms with Gasteiger partial charge < -0.3 is 21.1 Å². The van der Waals surface area contributed by atoms with Gasteiger partial charge >= 0.3 is 0 Å². The fraction of sp³-hybridized carbons (Fsp3) is 0.467. The maximum Gasteiger partial charge on any atom is 0.221 e. The summed E-state index contributed by atoms with van der Waals surface area (Å²) in [6, 6.07) is 0.310. The zero-order valence-corrected chi connectivity index (χ0v) is 12.5. The average Bonchev–Trinajstić information content (AvgIpc) is 2.44. The van der Waals surface area contributed by atoms with Crippen molar-refractivity contribution in [2.24, 2.45) is 0 Å². The van der Waals surface area contributed by atoms with E-state index < -0.39 is 6.23 Å². The van der Waals surface area contributed by atoms with Crippen molar-refractivity contribution in [3.8, 4) is 0 Å². The van der Waals surface area contributed by atoms with Crippen molar-refractivity contribution in [3.63, 3.8) is 0 Å². The van der Waals surface area contributed by atoms with Gasteiger partial charge in [0.25, 0.3) is 0 Å². The number of aromatic nitrogens is 2. The molecule has 0 saturated heterocycles. The summed E-state index contributed by atoms with van der Waals surface area (Å²) in [5, 5.41) is 13.3. The highest BCUT2D eigenvalue weighted by atomic mass is 16.3. The van der Waals surface area contributed by atoms with E-state index in [1.165, 1.54) is 0 Å². The molecule has 1 aromatic heterocycles. The van der Waals surface area contributed by atoms with Gasteiger partial charge in [-0.15, -0.1) is 0 Å². The number of nitrogen functional groups attached to an aromatic ring is 1. The molecule has 0 radical (unpaired) electrons. The van der Waals surface area contributed by atoms with Gasteiger partial charge in [-0.2, -0.15) is 4.98 Å². The molecule has 0 aromatic carbocycles. The number of nitrogens with two attached hydrogens (primary N) is 1. The molecule has 0 saturated carbocycles. The highest BCUT2D eigenvalue weighted by molar-refractivity contribution is 5.46. The van der Waals surface area contributed by atoms with Crippen molar-refractivity contribution >= 4 is 11.8 Å². The van der Waals surface area contributed by atoms with Crippen LogP contribution in [0.5, 0.6) is 0 Å². The molecule has 2 rings (SSSR count). The van der Waals surface area contributed by atoms with Crippen molar-refractivity contribution in [3.05, 3.63) is 36.2 Å². The van der Waals surface area contributed by atoms with Crippen LogP contribution in [-0.2, 0) is 6.54 Å². The Labute approximate surface area is 125 Å². The summed E-state index contributed by atoms with van der Waals surface area (Å²) >= 11 is 0. The molecule has 1 aromatic rings. The van der Waals surface area contributed by atoms with E-state index in [1.54, 1.807) is 12.3 Å². The third kappa shape index (κ3) is 4.19. The van der Waals surface area contributed by atoms with Gasteiger partial charge in [-0.05, 0) is 25.5 Å². The molecular formula is C15H23N5O. The van der Waals surface area contributed by atoms with E-state index in [2.05, 4.69) is 29.1 Å². The summed E-state index contributed by atoms with van der Waals surface area (Å²) in [5.74, 6) is 0.984. The maximum atomic E-state index is 9.94. The van der Waals surface area contributed by atoms with Crippen LogP contribution >= 0.6 is 0 Å². The predicted octanol–water partition coefficient (Wildman–Crippen LogP) is 1.86. The first kappa shape index (κ1) is 15.3. The fourth-order valence-electron chi connectivity index (χ4n) is 2.27. The van der Waals surface area contributed by atoms with Crippen LogP contribution in [0.2, 0.25) is 0 Å². The molecule has 2 heterocycles. The molecule has 0 bridgehead atoms. The summed E-state index contributed by atoms with van der Waals surface area (Å²) < 4.78 is 0. The van der Waals surface area contributed by atoms with Crippen LogP contribution in [0.15, 0.2) is 30.6 Å². The minimum absolute atomic E-state index is 0.250. The topological polar surface area (TPSA) is 87.3 Å².